The zero-order valence-corrected chi connectivity index (χ0v) is 35.4. The number of rotatable bonds is 7. The van der Waals surface area contributed by atoms with Crippen LogP contribution in [0.4, 0.5) is 17.1 Å². The number of furan rings is 1. The molecule has 0 N–H and O–H groups in total. The fraction of sp³-hybridized carbons (Fsp3) is 0. The number of fused-ring (bicyclic) bond motifs is 8. The lowest BCUT2D eigenvalue weighted by Gasteiger charge is -2.28. The maximum absolute atomic E-state index is 6.30. The topological polar surface area (TPSA) is 21.3 Å². The van der Waals surface area contributed by atoms with Gasteiger partial charge in [0.15, 0.2) is 0 Å². The Kier molecular flexibility index (Phi) is 8.53. The summed E-state index contributed by atoms with van der Waals surface area (Å²) in [5.41, 5.74) is 15.6. The number of hydrogen-bond acceptors (Lipinski definition) is 2. The lowest BCUT2D eigenvalue weighted by molar-refractivity contribution is 0.669. The van der Waals surface area contributed by atoms with E-state index in [0.29, 0.717) is 0 Å². The Morgan fingerprint density at radius 3 is 1.75 bits per heavy atom. The van der Waals surface area contributed by atoms with Crippen molar-refractivity contribution in [2.75, 3.05) is 4.90 Å². The first-order chi connectivity index (χ1) is 32.2. The lowest BCUT2D eigenvalue weighted by Crippen LogP contribution is -2.10. The smallest absolute Gasteiger partial charge is 0.135 e. The molecule has 0 unspecified atom stereocenters. The molecule has 304 valence electrons. The van der Waals surface area contributed by atoms with E-state index >= 15 is 0 Å². The molecule has 2 heterocycles. The highest BCUT2D eigenvalue weighted by molar-refractivity contribution is 6.11. The van der Waals surface area contributed by atoms with Gasteiger partial charge in [-0.2, -0.15) is 0 Å². The van der Waals surface area contributed by atoms with E-state index in [9.17, 15) is 0 Å². The predicted molar refractivity (Wildman–Crippen MR) is 274 cm³/mol. The van der Waals surface area contributed by atoms with Crippen LogP contribution in [-0.4, -0.2) is 4.57 Å². The molecule has 0 atom stereocenters. The molecular weight excluding hydrogens is 789 g/mol. The number of hydrogen-bond donors (Lipinski definition) is 0. The minimum atomic E-state index is 0.890. The van der Waals surface area contributed by atoms with Crippen LogP contribution in [0.3, 0.4) is 0 Å². The fourth-order valence-corrected chi connectivity index (χ4v) is 10.1. The highest BCUT2D eigenvalue weighted by Crippen LogP contribution is 2.45. The van der Waals surface area contributed by atoms with E-state index < -0.39 is 0 Å². The van der Waals surface area contributed by atoms with Gasteiger partial charge in [-0.3, -0.25) is 0 Å². The van der Waals surface area contributed by atoms with Crippen LogP contribution in [0.25, 0.3) is 104 Å². The first-order valence-corrected chi connectivity index (χ1v) is 22.2. The molecule has 0 spiro atoms. The SMILES string of the molecule is c1ccc(N(c2ccc3ccccc3c2)c2ccc(-c3cc(-c4ccc5oc6ccccc6c5c4)cc(-c4ccc5c6ccccc6n(-c6ccccc6)c5c4)c3)c3ccccc23)cc1. The average molecular weight is 829 g/mol. The number of anilines is 3. The molecule has 65 heavy (non-hydrogen) atoms. The number of nitrogens with zero attached hydrogens (tertiary/aromatic N) is 2. The van der Waals surface area contributed by atoms with E-state index in [4.69, 9.17) is 4.42 Å². The molecule has 3 nitrogen and oxygen atoms in total. The van der Waals surface area contributed by atoms with Gasteiger partial charge in [0.25, 0.3) is 0 Å². The van der Waals surface area contributed by atoms with Crippen LogP contribution in [-0.2, 0) is 0 Å². The molecule has 0 saturated carbocycles. The molecule has 13 rings (SSSR count). The molecule has 3 heteroatoms. The summed E-state index contributed by atoms with van der Waals surface area (Å²) in [6.07, 6.45) is 0. The van der Waals surface area contributed by atoms with E-state index in [2.05, 4.69) is 240 Å². The molecule has 0 bridgehead atoms. The zero-order chi connectivity index (χ0) is 42.8. The van der Waals surface area contributed by atoms with Gasteiger partial charge in [0.1, 0.15) is 11.2 Å². The second-order valence-electron chi connectivity index (χ2n) is 16.9. The van der Waals surface area contributed by atoms with Crippen LogP contribution in [0.15, 0.2) is 247 Å². The van der Waals surface area contributed by atoms with Gasteiger partial charge in [0.2, 0.25) is 0 Å². The predicted octanol–water partition coefficient (Wildman–Crippen LogP) is 17.5. The quantitative estimate of drug-likeness (QED) is 0.160. The van der Waals surface area contributed by atoms with Crippen molar-refractivity contribution in [2.24, 2.45) is 0 Å². The summed E-state index contributed by atoms with van der Waals surface area (Å²) in [7, 11) is 0. The third-order valence-corrected chi connectivity index (χ3v) is 13.1. The average Bonchev–Trinajstić information content (AvgIpc) is 3.92. The van der Waals surface area contributed by atoms with Crippen molar-refractivity contribution in [3.05, 3.63) is 243 Å². The molecule has 0 aliphatic carbocycles. The maximum Gasteiger partial charge on any atom is 0.135 e. The maximum atomic E-state index is 6.30. The van der Waals surface area contributed by atoms with Crippen molar-refractivity contribution in [3.63, 3.8) is 0 Å². The molecule has 0 aliphatic rings. The van der Waals surface area contributed by atoms with E-state index in [0.717, 1.165) is 72.5 Å². The van der Waals surface area contributed by atoms with E-state index in [1.807, 2.05) is 12.1 Å². The third-order valence-electron chi connectivity index (χ3n) is 13.1. The van der Waals surface area contributed by atoms with Crippen LogP contribution in [0.5, 0.6) is 0 Å². The van der Waals surface area contributed by atoms with Crippen molar-refractivity contribution in [1.29, 1.82) is 0 Å². The molecular formula is C62H40N2O. The summed E-state index contributed by atoms with van der Waals surface area (Å²) >= 11 is 0. The van der Waals surface area contributed by atoms with Gasteiger partial charge in [-0.1, -0.05) is 152 Å². The summed E-state index contributed by atoms with van der Waals surface area (Å²) in [5, 5.41) is 9.51. The van der Waals surface area contributed by atoms with Gasteiger partial charge in [0.05, 0.1) is 16.7 Å². The van der Waals surface area contributed by atoms with Crippen molar-refractivity contribution >= 4 is 82.4 Å². The summed E-state index contributed by atoms with van der Waals surface area (Å²) in [6, 6.07) is 88.0. The minimum Gasteiger partial charge on any atom is -0.456 e. The summed E-state index contributed by atoms with van der Waals surface area (Å²) in [4.78, 5) is 2.39. The minimum absolute atomic E-state index is 0.890. The summed E-state index contributed by atoms with van der Waals surface area (Å²) < 4.78 is 8.70. The second kappa shape index (κ2) is 15.0. The van der Waals surface area contributed by atoms with E-state index in [-0.39, 0.29) is 0 Å². The highest BCUT2D eigenvalue weighted by Gasteiger charge is 2.20. The Labute approximate surface area is 376 Å². The fourth-order valence-electron chi connectivity index (χ4n) is 10.1. The van der Waals surface area contributed by atoms with Gasteiger partial charge < -0.3 is 13.9 Å². The van der Waals surface area contributed by atoms with Crippen molar-refractivity contribution < 1.29 is 4.42 Å². The van der Waals surface area contributed by atoms with Gasteiger partial charge in [-0.25, -0.2) is 0 Å². The molecule has 0 radical (unpaired) electrons. The van der Waals surface area contributed by atoms with Crippen LogP contribution < -0.4 is 4.90 Å². The summed E-state index contributed by atoms with van der Waals surface area (Å²) in [6.45, 7) is 0. The Balaban J connectivity index is 1.04. The standard InChI is InChI=1S/C62H40N2O/c1-3-17-48(18-4-1)63(50-30-27-41-15-7-8-16-42(41)38-50)59-33-32-51(52-21-9-10-22-53(52)59)47-36-45(43-29-34-62-57(39-43)56-24-12-14-26-61(56)65-62)35-46(37-47)44-28-31-55-54-23-11-13-25-58(54)64(60(55)40-44)49-19-5-2-6-20-49/h1-40H. The van der Waals surface area contributed by atoms with Crippen LogP contribution in [0, 0.1) is 0 Å². The van der Waals surface area contributed by atoms with Gasteiger partial charge >= 0.3 is 0 Å². The van der Waals surface area contributed by atoms with E-state index in [1.54, 1.807) is 0 Å². The summed E-state index contributed by atoms with van der Waals surface area (Å²) in [5.74, 6) is 0. The Hall–Kier alpha value is -8.66. The molecule has 0 aliphatic heterocycles. The first-order valence-electron chi connectivity index (χ1n) is 22.2. The molecule has 2 aromatic heterocycles. The monoisotopic (exact) mass is 828 g/mol. The lowest BCUT2D eigenvalue weighted by atomic mass is 9.90. The highest BCUT2D eigenvalue weighted by atomic mass is 16.3. The van der Waals surface area contributed by atoms with Crippen LogP contribution in [0.1, 0.15) is 0 Å². The van der Waals surface area contributed by atoms with Gasteiger partial charge in [0, 0.05) is 44.0 Å². The Bertz CT molecular complexity index is 3950. The third kappa shape index (κ3) is 6.20. The Morgan fingerprint density at radius 1 is 0.308 bits per heavy atom. The van der Waals surface area contributed by atoms with Gasteiger partial charge in [-0.05, 0) is 141 Å². The zero-order valence-electron chi connectivity index (χ0n) is 35.4. The molecule has 0 fully saturated rings. The largest absolute Gasteiger partial charge is 0.456 e. The van der Waals surface area contributed by atoms with Gasteiger partial charge in [-0.15, -0.1) is 0 Å². The Morgan fingerprint density at radius 2 is 0.923 bits per heavy atom. The second-order valence-corrected chi connectivity index (χ2v) is 16.9. The number of para-hydroxylation sites is 4. The molecule has 0 saturated heterocycles. The number of benzene rings is 11. The normalized spacial score (nSPS) is 11.7. The van der Waals surface area contributed by atoms with Crippen LogP contribution in [0.2, 0.25) is 0 Å². The van der Waals surface area contributed by atoms with Crippen molar-refractivity contribution in [1.82, 2.24) is 4.57 Å². The molecule has 0 amide bonds. The molecule has 11 aromatic carbocycles. The van der Waals surface area contributed by atoms with Crippen LogP contribution >= 0.6 is 0 Å². The van der Waals surface area contributed by atoms with Crippen molar-refractivity contribution in [2.45, 2.75) is 0 Å². The van der Waals surface area contributed by atoms with Crippen molar-refractivity contribution in [3.8, 4) is 39.1 Å². The number of aromatic nitrogens is 1. The molecule has 13 aromatic rings. The first kappa shape index (κ1) is 36.9. The van der Waals surface area contributed by atoms with E-state index in [1.165, 1.54) is 48.9 Å².